The van der Waals surface area contributed by atoms with Crippen molar-refractivity contribution in [1.29, 1.82) is 0 Å². The minimum atomic E-state index is -1.82. The zero-order valence-corrected chi connectivity index (χ0v) is 16.6. The Bertz CT molecular complexity index is 974. The van der Waals surface area contributed by atoms with Gasteiger partial charge in [0.05, 0.1) is 5.69 Å². The Morgan fingerprint density at radius 2 is 1.37 bits per heavy atom. The van der Waals surface area contributed by atoms with E-state index < -0.39 is 11.9 Å². The summed E-state index contributed by atoms with van der Waals surface area (Å²) in [7, 11) is 0. The summed E-state index contributed by atoms with van der Waals surface area (Å²) >= 11 is 0. The maximum Gasteiger partial charge on any atom is 0.414 e. The molecule has 1 aliphatic rings. The normalized spacial score (nSPS) is 14.7. The molecule has 156 valence electrons. The average molecular weight is 407 g/mol. The number of carboxylic acid groups (broad SMARTS) is 2. The van der Waals surface area contributed by atoms with E-state index in [1.807, 2.05) is 12.3 Å². The van der Waals surface area contributed by atoms with Gasteiger partial charge in [-0.3, -0.25) is 14.8 Å². The average Bonchev–Trinajstić information content (AvgIpc) is 2.76. The number of pyridine rings is 1. The minimum Gasteiger partial charge on any atom is -0.473 e. The van der Waals surface area contributed by atoms with Gasteiger partial charge in [0.25, 0.3) is 0 Å². The van der Waals surface area contributed by atoms with Crippen LogP contribution in [0.4, 0.5) is 0 Å². The van der Waals surface area contributed by atoms with Gasteiger partial charge in [-0.25, -0.2) is 9.59 Å². The largest absolute Gasteiger partial charge is 0.473 e. The fourth-order valence-electron chi connectivity index (χ4n) is 3.42. The first-order valence-corrected chi connectivity index (χ1v) is 9.80. The minimum absolute atomic E-state index is 0.963. The number of aliphatic carboxylic acids is 2. The molecule has 7 heteroatoms. The quantitative estimate of drug-likeness (QED) is 0.642. The van der Waals surface area contributed by atoms with Crippen LogP contribution in [0.3, 0.4) is 0 Å². The number of aromatic nitrogens is 1. The van der Waals surface area contributed by atoms with Crippen LogP contribution < -0.4 is 0 Å². The molecule has 2 aromatic carbocycles. The molecule has 0 atom stereocenters. The molecule has 0 bridgehead atoms. The zero-order chi connectivity index (χ0) is 21.3. The van der Waals surface area contributed by atoms with Crippen LogP contribution in [0.5, 0.6) is 0 Å². The van der Waals surface area contributed by atoms with Crippen molar-refractivity contribution in [3.8, 4) is 0 Å². The molecule has 1 aromatic heterocycles. The number of fused-ring (bicyclic) bond motifs is 1. The number of carbonyl (C=O) groups is 2. The van der Waals surface area contributed by atoms with Crippen molar-refractivity contribution in [3.63, 3.8) is 0 Å². The third-order valence-corrected chi connectivity index (χ3v) is 4.98. The molecule has 0 spiro atoms. The van der Waals surface area contributed by atoms with Crippen molar-refractivity contribution in [2.24, 2.45) is 0 Å². The molecule has 1 aliphatic heterocycles. The highest BCUT2D eigenvalue weighted by molar-refractivity contribution is 6.27. The first kappa shape index (κ1) is 21.4. The first-order chi connectivity index (χ1) is 14.5. The molecule has 0 saturated carbocycles. The second-order valence-corrected chi connectivity index (χ2v) is 7.17. The first-order valence-electron chi connectivity index (χ1n) is 9.80. The van der Waals surface area contributed by atoms with E-state index >= 15 is 0 Å². The lowest BCUT2D eigenvalue weighted by Crippen LogP contribution is -2.45. The number of benzene rings is 2. The van der Waals surface area contributed by atoms with E-state index in [4.69, 9.17) is 19.8 Å². The fraction of sp³-hybridized carbons (Fsp3) is 0.261. The van der Waals surface area contributed by atoms with Crippen LogP contribution in [0.1, 0.15) is 11.3 Å². The Kier molecular flexibility index (Phi) is 7.48. The molecule has 1 fully saturated rings. The van der Waals surface area contributed by atoms with Gasteiger partial charge in [0, 0.05) is 45.5 Å². The highest BCUT2D eigenvalue weighted by Crippen LogP contribution is 2.17. The summed E-state index contributed by atoms with van der Waals surface area (Å²) in [4.78, 5) is 27.7. The Morgan fingerprint density at radius 3 is 1.97 bits per heavy atom. The molecule has 0 radical (unpaired) electrons. The molecule has 1 saturated heterocycles. The van der Waals surface area contributed by atoms with E-state index in [1.165, 1.54) is 22.0 Å². The molecular weight excluding hydrogens is 382 g/mol. The summed E-state index contributed by atoms with van der Waals surface area (Å²) in [5.41, 5.74) is 2.58. The van der Waals surface area contributed by atoms with Crippen LogP contribution >= 0.6 is 0 Å². The van der Waals surface area contributed by atoms with Crippen molar-refractivity contribution in [2.75, 3.05) is 26.2 Å². The van der Waals surface area contributed by atoms with Crippen LogP contribution in [-0.2, 0) is 22.7 Å². The van der Waals surface area contributed by atoms with Gasteiger partial charge in [0.15, 0.2) is 0 Å². The smallest absolute Gasteiger partial charge is 0.414 e. The molecule has 2 N–H and O–H groups in total. The van der Waals surface area contributed by atoms with Crippen LogP contribution in [0.2, 0.25) is 0 Å². The van der Waals surface area contributed by atoms with Gasteiger partial charge < -0.3 is 10.2 Å². The number of nitrogens with zero attached hydrogens (tertiary/aromatic N) is 3. The number of rotatable bonds is 4. The SMILES string of the molecule is O=C(O)C(=O)O.c1ccc(CN2CCN(Cc3ccc4ccccc4c3)CC2)nc1. The van der Waals surface area contributed by atoms with E-state index in [1.54, 1.807) is 0 Å². The van der Waals surface area contributed by atoms with Gasteiger partial charge in [-0.15, -0.1) is 0 Å². The number of carboxylic acids is 2. The maximum absolute atomic E-state index is 9.10. The van der Waals surface area contributed by atoms with Crippen LogP contribution in [0.15, 0.2) is 66.9 Å². The molecule has 4 rings (SSSR count). The summed E-state index contributed by atoms with van der Waals surface area (Å²) in [6, 6.07) is 21.6. The summed E-state index contributed by atoms with van der Waals surface area (Å²) in [6.45, 7) is 6.49. The summed E-state index contributed by atoms with van der Waals surface area (Å²) in [6.07, 6.45) is 1.88. The third kappa shape index (κ3) is 6.37. The molecule has 0 unspecified atom stereocenters. The van der Waals surface area contributed by atoms with Crippen molar-refractivity contribution in [2.45, 2.75) is 13.1 Å². The predicted molar refractivity (Wildman–Crippen MR) is 114 cm³/mol. The molecule has 0 amide bonds. The Hall–Kier alpha value is -3.29. The lowest BCUT2D eigenvalue weighted by Gasteiger charge is -2.34. The molecule has 3 aromatic rings. The van der Waals surface area contributed by atoms with E-state index in [2.05, 4.69) is 69.4 Å². The van der Waals surface area contributed by atoms with Gasteiger partial charge in [-0.05, 0) is 34.5 Å². The lowest BCUT2D eigenvalue weighted by atomic mass is 10.1. The standard InChI is InChI=1S/C21H23N3.C2H2O4/c1-2-6-20-15-18(8-9-19(20)5-1)16-23-11-13-24(14-12-23)17-21-7-3-4-10-22-21;3-1(4)2(5)6/h1-10,15H,11-14,16-17H2;(H,3,4)(H,5,6). The van der Waals surface area contributed by atoms with Gasteiger partial charge in [-0.1, -0.05) is 42.5 Å². The Balaban J connectivity index is 0.000000377. The Labute approximate surface area is 175 Å². The summed E-state index contributed by atoms with van der Waals surface area (Å²) in [5, 5.41) is 17.4. The summed E-state index contributed by atoms with van der Waals surface area (Å²) in [5.74, 6) is -3.65. The third-order valence-electron chi connectivity index (χ3n) is 4.98. The molecular formula is C23H25N3O4. The predicted octanol–water partition coefficient (Wildman–Crippen LogP) is 2.71. The Morgan fingerprint density at radius 1 is 0.767 bits per heavy atom. The van der Waals surface area contributed by atoms with Crippen molar-refractivity contribution in [3.05, 3.63) is 78.1 Å². The highest BCUT2D eigenvalue weighted by atomic mass is 16.4. The molecule has 0 aliphatic carbocycles. The van der Waals surface area contributed by atoms with Crippen LogP contribution in [-0.4, -0.2) is 63.1 Å². The van der Waals surface area contributed by atoms with Crippen molar-refractivity contribution in [1.82, 2.24) is 14.8 Å². The summed E-state index contributed by atoms with van der Waals surface area (Å²) < 4.78 is 0. The zero-order valence-electron chi connectivity index (χ0n) is 16.6. The van der Waals surface area contributed by atoms with Crippen LogP contribution in [0.25, 0.3) is 10.8 Å². The van der Waals surface area contributed by atoms with Gasteiger partial charge in [0.1, 0.15) is 0 Å². The van der Waals surface area contributed by atoms with E-state index in [0.29, 0.717) is 0 Å². The van der Waals surface area contributed by atoms with E-state index in [-0.39, 0.29) is 0 Å². The molecule has 2 heterocycles. The van der Waals surface area contributed by atoms with Gasteiger partial charge in [-0.2, -0.15) is 0 Å². The number of piperazine rings is 1. The maximum atomic E-state index is 9.10. The van der Waals surface area contributed by atoms with E-state index in [9.17, 15) is 0 Å². The molecule has 7 nitrogen and oxygen atoms in total. The second-order valence-electron chi connectivity index (χ2n) is 7.17. The van der Waals surface area contributed by atoms with Gasteiger partial charge >= 0.3 is 11.9 Å². The van der Waals surface area contributed by atoms with Gasteiger partial charge in [0.2, 0.25) is 0 Å². The topological polar surface area (TPSA) is 94.0 Å². The number of hydrogen-bond donors (Lipinski definition) is 2. The highest BCUT2D eigenvalue weighted by Gasteiger charge is 2.17. The lowest BCUT2D eigenvalue weighted by molar-refractivity contribution is -0.159. The van der Waals surface area contributed by atoms with Crippen molar-refractivity contribution < 1.29 is 19.8 Å². The second kappa shape index (κ2) is 10.5. The monoisotopic (exact) mass is 407 g/mol. The van der Waals surface area contributed by atoms with Crippen molar-refractivity contribution >= 4 is 22.7 Å². The molecule has 30 heavy (non-hydrogen) atoms. The van der Waals surface area contributed by atoms with E-state index in [0.717, 1.165) is 39.3 Å². The van der Waals surface area contributed by atoms with Crippen LogP contribution in [0, 0.1) is 0 Å². The fourth-order valence-corrected chi connectivity index (χ4v) is 3.42. The number of hydrogen-bond acceptors (Lipinski definition) is 5.